The third-order valence-electron chi connectivity index (χ3n) is 8.99. The Hall–Kier alpha value is -3.93. The molecule has 2 heterocycles. The Kier molecular flexibility index (Phi) is 7.02. The van der Waals surface area contributed by atoms with Crippen molar-refractivity contribution < 1.29 is 43.5 Å². The molecule has 2 amide bonds. The number of imide groups is 1. The molecule has 2 aliphatic heterocycles. The number of alkyl carbamates (subject to hydrolysis) is 2. The molecule has 2 bridgehead atoms. The number of nitrogens with one attached hydrogen (secondary N) is 1. The van der Waals surface area contributed by atoms with Crippen molar-refractivity contribution in [1.82, 2.24) is 10.2 Å². The number of amides is 2. The van der Waals surface area contributed by atoms with Gasteiger partial charge in [-0.1, -0.05) is 42.5 Å². The molecule has 1 saturated heterocycles. The highest BCUT2D eigenvalue weighted by molar-refractivity contribution is 5.89. The van der Waals surface area contributed by atoms with Crippen LogP contribution in [0.15, 0.2) is 54.3 Å². The first kappa shape index (κ1) is 29.2. The minimum Gasteiger partial charge on any atom is -0.481 e. The number of hydrogen-bond donors (Lipinski definition) is 3. The highest BCUT2D eigenvalue weighted by Crippen LogP contribution is 2.64. The molecule has 4 aliphatic rings. The molecule has 11 heteroatoms. The van der Waals surface area contributed by atoms with Gasteiger partial charge in [-0.25, -0.2) is 19.7 Å². The Morgan fingerprint density at radius 2 is 1.88 bits per heavy atom. The van der Waals surface area contributed by atoms with Crippen molar-refractivity contribution in [2.24, 2.45) is 0 Å². The van der Waals surface area contributed by atoms with E-state index in [0.29, 0.717) is 36.3 Å². The maximum Gasteiger partial charge on any atom is 0.417 e. The molecule has 0 saturated carbocycles. The van der Waals surface area contributed by atoms with Crippen molar-refractivity contribution in [2.75, 3.05) is 13.6 Å². The van der Waals surface area contributed by atoms with E-state index in [-0.39, 0.29) is 24.8 Å². The van der Waals surface area contributed by atoms with Crippen molar-refractivity contribution in [3.05, 3.63) is 76.6 Å². The number of aliphatic hydroxyl groups is 2. The average molecular weight is 593 g/mol. The van der Waals surface area contributed by atoms with Gasteiger partial charge in [-0.05, 0) is 58.8 Å². The van der Waals surface area contributed by atoms with Crippen molar-refractivity contribution in [3.8, 4) is 5.75 Å². The molecule has 1 spiro atoms. The first-order valence-corrected chi connectivity index (χ1v) is 14.4. The van der Waals surface area contributed by atoms with E-state index < -0.39 is 47.0 Å². The lowest BCUT2D eigenvalue weighted by Crippen LogP contribution is -2.74. The molecule has 5 atom stereocenters. The zero-order valence-corrected chi connectivity index (χ0v) is 24.6. The third kappa shape index (κ3) is 4.66. The lowest BCUT2D eigenvalue weighted by molar-refractivity contribution is -0.172. The molecule has 1 fully saturated rings. The van der Waals surface area contributed by atoms with Gasteiger partial charge in [-0.15, -0.1) is 0 Å². The number of carbonyl (C=O) groups is 3. The van der Waals surface area contributed by atoms with Gasteiger partial charge in [0.1, 0.15) is 17.1 Å². The summed E-state index contributed by atoms with van der Waals surface area (Å²) in [4.78, 5) is 40.8. The fraction of sp³-hybridized carbons (Fsp3) is 0.469. The van der Waals surface area contributed by atoms with Crippen LogP contribution in [0.4, 0.5) is 9.59 Å². The predicted molar refractivity (Wildman–Crippen MR) is 152 cm³/mol. The summed E-state index contributed by atoms with van der Waals surface area (Å²) in [5.74, 6) is -0.188. The van der Waals surface area contributed by atoms with E-state index >= 15 is 0 Å². The molecule has 2 aromatic rings. The van der Waals surface area contributed by atoms with Gasteiger partial charge < -0.3 is 34.1 Å². The number of aliphatic hydroxyl groups excluding tert-OH is 1. The zero-order chi connectivity index (χ0) is 30.7. The van der Waals surface area contributed by atoms with Gasteiger partial charge in [-0.3, -0.25) is 0 Å². The fourth-order valence-electron chi connectivity index (χ4n) is 7.20. The van der Waals surface area contributed by atoms with Crippen LogP contribution in [0, 0.1) is 0 Å². The summed E-state index contributed by atoms with van der Waals surface area (Å²) in [6.45, 7) is 5.39. The van der Waals surface area contributed by atoms with E-state index in [1.54, 1.807) is 57.2 Å². The molecule has 0 radical (unpaired) electrons. The van der Waals surface area contributed by atoms with Gasteiger partial charge in [0.25, 0.3) is 0 Å². The van der Waals surface area contributed by atoms with Crippen molar-refractivity contribution in [3.63, 3.8) is 0 Å². The van der Waals surface area contributed by atoms with Gasteiger partial charge in [0, 0.05) is 29.2 Å². The minimum atomic E-state index is -1.52. The van der Waals surface area contributed by atoms with Crippen LogP contribution >= 0.6 is 0 Å². The monoisotopic (exact) mass is 592 g/mol. The number of hydrogen-bond acceptors (Lipinski definition) is 10. The number of likely N-dealkylation sites (tertiary alicyclic amines) is 1. The lowest BCUT2D eigenvalue weighted by atomic mass is 9.50. The van der Waals surface area contributed by atoms with Gasteiger partial charge in [0.15, 0.2) is 6.10 Å². The van der Waals surface area contributed by atoms with Crippen LogP contribution in [0.1, 0.15) is 62.0 Å². The fourth-order valence-corrected chi connectivity index (χ4v) is 7.20. The number of piperidine rings is 1. The molecular formula is C32H36N2O9. The van der Waals surface area contributed by atoms with Crippen LogP contribution in [-0.2, 0) is 37.4 Å². The molecule has 11 nitrogen and oxygen atoms in total. The molecule has 43 heavy (non-hydrogen) atoms. The van der Waals surface area contributed by atoms with Crippen LogP contribution < -0.4 is 10.1 Å². The number of likely N-dealkylation sites (N-methyl/N-ethyl adjacent to an activating group) is 1. The topological polar surface area (TPSA) is 144 Å². The molecule has 2 aliphatic carbocycles. The van der Waals surface area contributed by atoms with Gasteiger partial charge in [0.05, 0.1) is 17.6 Å². The standard InChI is InChI=1S/C32H36N2O9/c1-30(2,3)43-29(38)33-28(37)42-25(18-8-6-5-7-9-18)27(36)40-21-12-13-32(39)22-16-19-10-11-20(17-35)24-23(19)31(32,26(21)41-24)14-15-34(22)4/h5-12,22,25-26,35,39H,13-17H2,1-4H3,(H,33,37,38)/t22-,25-,26+,31+,32-/m1/s1. The van der Waals surface area contributed by atoms with Crippen molar-refractivity contribution in [2.45, 2.75) is 81.5 Å². The van der Waals surface area contributed by atoms with Crippen LogP contribution in [-0.4, -0.2) is 70.2 Å². The molecule has 228 valence electrons. The molecule has 2 aromatic carbocycles. The van der Waals surface area contributed by atoms with Gasteiger partial charge >= 0.3 is 18.2 Å². The maximum atomic E-state index is 13.8. The second kappa shape index (κ2) is 10.4. The Bertz CT molecular complexity index is 1500. The third-order valence-corrected chi connectivity index (χ3v) is 8.99. The second-order valence-electron chi connectivity index (χ2n) is 12.6. The van der Waals surface area contributed by atoms with Crippen LogP contribution in [0.5, 0.6) is 5.75 Å². The zero-order valence-electron chi connectivity index (χ0n) is 24.6. The number of carbonyl (C=O) groups excluding carboxylic acids is 3. The molecule has 0 aromatic heterocycles. The van der Waals surface area contributed by atoms with E-state index in [1.165, 1.54) is 0 Å². The first-order valence-electron chi connectivity index (χ1n) is 14.4. The summed E-state index contributed by atoms with van der Waals surface area (Å²) in [6, 6.07) is 11.9. The van der Waals surface area contributed by atoms with Crippen LogP contribution in [0.3, 0.4) is 0 Å². The summed E-state index contributed by atoms with van der Waals surface area (Å²) in [5, 5.41) is 24.5. The summed E-state index contributed by atoms with van der Waals surface area (Å²) in [6.07, 6.45) is -1.52. The Labute approximate surface area is 249 Å². The highest BCUT2D eigenvalue weighted by Gasteiger charge is 2.72. The smallest absolute Gasteiger partial charge is 0.417 e. The number of esters is 1. The van der Waals surface area contributed by atoms with Crippen molar-refractivity contribution in [1.29, 1.82) is 0 Å². The first-order chi connectivity index (χ1) is 20.4. The number of nitrogens with zero attached hydrogens (tertiary/aromatic N) is 1. The SMILES string of the molecule is CN1CC[C@]23c4c5ccc(CO)c4O[C@H]2C(OC(=O)[C@H](OC(=O)NC(=O)OC(C)(C)C)c2ccccc2)=CC[C@@]3(O)[C@H]1C5. The minimum absolute atomic E-state index is 0.184. The number of ether oxygens (including phenoxy) is 4. The number of rotatable bonds is 5. The molecule has 3 N–H and O–H groups in total. The van der Waals surface area contributed by atoms with Crippen molar-refractivity contribution >= 4 is 18.2 Å². The number of benzene rings is 2. The summed E-state index contributed by atoms with van der Waals surface area (Å²) >= 11 is 0. The predicted octanol–water partition coefficient (Wildman–Crippen LogP) is 3.40. The average Bonchev–Trinajstić information content (AvgIpc) is 3.30. The van der Waals surface area contributed by atoms with Crippen LogP contribution in [0.2, 0.25) is 0 Å². The summed E-state index contributed by atoms with van der Waals surface area (Å²) in [5.41, 5.74) is -0.127. The van der Waals surface area contributed by atoms with E-state index in [4.69, 9.17) is 18.9 Å². The Balaban J connectivity index is 1.32. The quantitative estimate of drug-likeness (QED) is 0.349. The van der Waals surface area contributed by atoms with Gasteiger partial charge in [0.2, 0.25) is 6.10 Å². The van der Waals surface area contributed by atoms with Crippen LogP contribution in [0.25, 0.3) is 0 Å². The van der Waals surface area contributed by atoms with E-state index in [1.807, 2.05) is 24.5 Å². The highest BCUT2D eigenvalue weighted by atomic mass is 16.6. The summed E-state index contributed by atoms with van der Waals surface area (Å²) < 4.78 is 23.0. The van der Waals surface area contributed by atoms with E-state index in [0.717, 1.165) is 11.1 Å². The maximum absolute atomic E-state index is 13.8. The van der Waals surface area contributed by atoms with Gasteiger partial charge in [-0.2, -0.15) is 0 Å². The largest absolute Gasteiger partial charge is 0.481 e. The summed E-state index contributed by atoms with van der Waals surface area (Å²) in [7, 11) is 2.00. The Morgan fingerprint density at radius 1 is 1.14 bits per heavy atom. The van der Waals surface area contributed by atoms with E-state index in [9.17, 15) is 24.6 Å². The molecule has 0 unspecified atom stereocenters. The normalized spacial score (nSPS) is 27.6. The molecular weight excluding hydrogens is 556 g/mol. The Morgan fingerprint density at radius 3 is 2.58 bits per heavy atom. The van der Waals surface area contributed by atoms with E-state index in [2.05, 4.69) is 4.90 Å². The second-order valence-corrected chi connectivity index (χ2v) is 12.6. The lowest BCUT2D eigenvalue weighted by Gasteiger charge is -2.61. The molecule has 6 rings (SSSR count).